The molecular formula is C12H26O6Si. The lowest BCUT2D eigenvalue weighted by atomic mass is 9.85. The zero-order chi connectivity index (χ0) is 14.8. The van der Waals surface area contributed by atoms with Crippen molar-refractivity contribution in [2.45, 2.75) is 75.5 Å². The summed E-state index contributed by atoms with van der Waals surface area (Å²) in [4.78, 5) is 0. The van der Waals surface area contributed by atoms with E-state index < -0.39 is 44.9 Å². The van der Waals surface area contributed by atoms with Crippen molar-refractivity contribution in [3.05, 3.63) is 0 Å². The van der Waals surface area contributed by atoms with Crippen LogP contribution < -0.4 is 0 Å². The standard InChI is InChI=1S/C12H26O6Si/c1-4-19(5-2,6-3)18-12-10(16)8(14)7(13)9(15)11(12)17/h7-17H,4-6H2,1-3H3/t7?,8-,9+,10+,11-,12?. The summed E-state index contributed by atoms with van der Waals surface area (Å²) < 4.78 is 5.95. The molecule has 6 atom stereocenters. The number of rotatable bonds is 5. The second kappa shape index (κ2) is 6.62. The fourth-order valence-corrected chi connectivity index (χ4v) is 5.48. The van der Waals surface area contributed by atoms with Gasteiger partial charge in [0.05, 0.1) is 0 Å². The summed E-state index contributed by atoms with van der Waals surface area (Å²) in [5.41, 5.74) is 0. The van der Waals surface area contributed by atoms with E-state index in [1.807, 2.05) is 20.8 Å². The van der Waals surface area contributed by atoms with E-state index in [4.69, 9.17) is 4.43 Å². The molecule has 19 heavy (non-hydrogen) atoms. The monoisotopic (exact) mass is 294 g/mol. The lowest BCUT2D eigenvalue weighted by Gasteiger charge is -2.45. The molecule has 1 aliphatic rings. The summed E-state index contributed by atoms with van der Waals surface area (Å²) >= 11 is 0. The molecule has 0 radical (unpaired) electrons. The van der Waals surface area contributed by atoms with Crippen molar-refractivity contribution in [2.24, 2.45) is 0 Å². The van der Waals surface area contributed by atoms with E-state index in [0.717, 1.165) is 18.1 Å². The fourth-order valence-electron chi connectivity index (χ4n) is 2.62. The molecule has 0 aromatic rings. The zero-order valence-corrected chi connectivity index (χ0v) is 12.7. The van der Waals surface area contributed by atoms with Crippen molar-refractivity contribution in [3.63, 3.8) is 0 Å². The molecule has 0 spiro atoms. The Labute approximate surface area is 114 Å². The van der Waals surface area contributed by atoms with Crippen LogP contribution in [0, 0.1) is 0 Å². The smallest absolute Gasteiger partial charge is 0.192 e. The summed E-state index contributed by atoms with van der Waals surface area (Å²) in [5.74, 6) is 0. The summed E-state index contributed by atoms with van der Waals surface area (Å²) in [7, 11) is -2.09. The molecular weight excluding hydrogens is 268 g/mol. The van der Waals surface area contributed by atoms with Crippen LogP contribution in [0.5, 0.6) is 0 Å². The van der Waals surface area contributed by atoms with E-state index in [0.29, 0.717) is 0 Å². The molecule has 6 nitrogen and oxygen atoms in total. The number of aliphatic hydroxyl groups is 5. The highest BCUT2D eigenvalue weighted by Crippen LogP contribution is 2.30. The van der Waals surface area contributed by atoms with Gasteiger partial charge >= 0.3 is 0 Å². The van der Waals surface area contributed by atoms with Crippen molar-refractivity contribution in [1.29, 1.82) is 0 Å². The number of aliphatic hydroxyl groups excluding tert-OH is 5. The third kappa shape index (κ3) is 3.18. The summed E-state index contributed by atoms with van der Waals surface area (Å²) in [5, 5.41) is 48.8. The van der Waals surface area contributed by atoms with Gasteiger partial charge in [-0.3, -0.25) is 0 Å². The Morgan fingerprint density at radius 2 is 1.00 bits per heavy atom. The Hall–Kier alpha value is -0.0231. The van der Waals surface area contributed by atoms with Gasteiger partial charge in [0.2, 0.25) is 0 Å². The lowest BCUT2D eigenvalue weighted by molar-refractivity contribution is -0.219. The van der Waals surface area contributed by atoms with Crippen molar-refractivity contribution < 1.29 is 30.0 Å². The van der Waals surface area contributed by atoms with Gasteiger partial charge in [-0.15, -0.1) is 0 Å². The van der Waals surface area contributed by atoms with E-state index in [1.54, 1.807) is 0 Å². The Morgan fingerprint density at radius 3 is 1.32 bits per heavy atom. The first kappa shape index (κ1) is 17.0. The molecule has 0 saturated heterocycles. The third-order valence-electron chi connectivity index (χ3n) is 4.39. The van der Waals surface area contributed by atoms with Gasteiger partial charge in [-0.05, 0) is 18.1 Å². The number of hydrogen-bond acceptors (Lipinski definition) is 6. The Balaban J connectivity index is 2.91. The minimum atomic E-state index is -2.09. The van der Waals surface area contributed by atoms with Crippen LogP contribution in [-0.2, 0) is 4.43 Å². The molecule has 0 heterocycles. The van der Waals surface area contributed by atoms with Crippen LogP contribution in [0.25, 0.3) is 0 Å². The Morgan fingerprint density at radius 1 is 0.684 bits per heavy atom. The predicted molar refractivity (Wildman–Crippen MR) is 72.1 cm³/mol. The minimum Gasteiger partial charge on any atom is -0.408 e. The SMILES string of the molecule is CC[Si](CC)(CC)OC1[C@@H](O)[C@H](O)C(O)[C@H](O)[C@H]1O. The molecule has 0 aromatic carbocycles. The first-order chi connectivity index (χ1) is 8.83. The highest BCUT2D eigenvalue weighted by atomic mass is 28.4. The van der Waals surface area contributed by atoms with Gasteiger partial charge in [-0.2, -0.15) is 0 Å². The molecule has 2 unspecified atom stereocenters. The van der Waals surface area contributed by atoms with E-state index in [9.17, 15) is 25.5 Å². The normalized spacial score (nSPS) is 40.4. The molecule has 1 fully saturated rings. The molecule has 114 valence electrons. The molecule has 5 N–H and O–H groups in total. The van der Waals surface area contributed by atoms with Crippen LogP contribution in [0.4, 0.5) is 0 Å². The molecule has 0 amide bonds. The quantitative estimate of drug-likeness (QED) is 0.424. The van der Waals surface area contributed by atoms with Gasteiger partial charge in [-0.1, -0.05) is 20.8 Å². The van der Waals surface area contributed by atoms with Crippen LogP contribution in [-0.4, -0.2) is 70.5 Å². The lowest BCUT2D eigenvalue weighted by Crippen LogP contribution is -2.66. The van der Waals surface area contributed by atoms with Crippen LogP contribution >= 0.6 is 0 Å². The van der Waals surface area contributed by atoms with E-state index in [1.165, 1.54) is 0 Å². The third-order valence-corrected chi connectivity index (χ3v) is 9.03. The van der Waals surface area contributed by atoms with Crippen LogP contribution in [0.3, 0.4) is 0 Å². The predicted octanol–water partition coefficient (Wildman–Crippen LogP) is -0.805. The van der Waals surface area contributed by atoms with E-state index in [-0.39, 0.29) is 0 Å². The summed E-state index contributed by atoms with van der Waals surface area (Å²) in [6, 6.07) is 2.47. The second-order valence-electron chi connectivity index (χ2n) is 5.28. The van der Waals surface area contributed by atoms with Gasteiger partial charge in [-0.25, -0.2) is 0 Å². The van der Waals surface area contributed by atoms with Crippen molar-refractivity contribution in [3.8, 4) is 0 Å². The first-order valence-electron chi connectivity index (χ1n) is 6.91. The first-order valence-corrected chi connectivity index (χ1v) is 9.44. The van der Waals surface area contributed by atoms with Gasteiger partial charge in [0, 0.05) is 0 Å². The topological polar surface area (TPSA) is 110 Å². The summed E-state index contributed by atoms with van der Waals surface area (Å²) in [6.07, 6.45) is -8.44. The minimum absolute atomic E-state index is 0.824. The zero-order valence-electron chi connectivity index (χ0n) is 11.7. The van der Waals surface area contributed by atoms with Gasteiger partial charge in [0.1, 0.15) is 36.6 Å². The van der Waals surface area contributed by atoms with Gasteiger partial charge < -0.3 is 30.0 Å². The van der Waals surface area contributed by atoms with Crippen LogP contribution in [0.1, 0.15) is 20.8 Å². The molecule has 0 aliphatic heterocycles. The fraction of sp³-hybridized carbons (Fsp3) is 1.00. The van der Waals surface area contributed by atoms with E-state index in [2.05, 4.69) is 0 Å². The molecule has 0 aromatic heterocycles. The maximum Gasteiger partial charge on any atom is 0.192 e. The largest absolute Gasteiger partial charge is 0.408 e. The average Bonchev–Trinajstić information content (AvgIpc) is 2.44. The van der Waals surface area contributed by atoms with Crippen LogP contribution in [0.2, 0.25) is 18.1 Å². The maximum atomic E-state index is 9.96. The maximum absolute atomic E-state index is 9.96. The summed E-state index contributed by atoms with van der Waals surface area (Å²) in [6.45, 7) is 6.01. The molecule has 1 rings (SSSR count). The second-order valence-corrected chi connectivity index (χ2v) is 10.0. The van der Waals surface area contributed by atoms with Gasteiger partial charge in [0.25, 0.3) is 0 Å². The number of hydrogen-bond donors (Lipinski definition) is 5. The van der Waals surface area contributed by atoms with Crippen molar-refractivity contribution >= 4 is 8.32 Å². The average molecular weight is 294 g/mol. The molecule has 7 heteroatoms. The molecule has 0 bridgehead atoms. The van der Waals surface area contributed by atoms with Gasteiger partial charge in [0.15, 0.2) is 8.32 Å². The highest BCUT2D eigenvalue weighted by molar-refractivity contribution is 6.73. The van der Waals surface area contributed by atoms with E-state index >= 15 is 0 Å². The van der Waals surface area contributed by atoms with Crippen LogP contribution in [0.15, 0.2) is 0 Å². The molecule has 1 saturated carbocycles. The Kier molecular flexibility index (Phi) is 5.93. The highest BCUT2D eigenvalue weighted by Gasteiger charge is 2.51. The van der Waals surface area contributed by atoms with Crippen molar-refractivity contribution in [2.75, 3.05) is 0 Å². The molecule has 1 aliphatic carbocycles. The van der Waals surface area contributed by atoms with Crippen molar-refractivity contribution in [1.82, 2.24) is 0 Å². The Bertz CT molecular complexity index is 261.